The highest BCUT2D eigenvalue weighted by molar-refractivity contribution is 7.17. The van der Waals surface area contributed by atoms with E-state index in [0.29, 0.717) is 59.6 Å². The molecule has 198 valence electrons. The molecule has 0 aliphatic carbocycles. The summed E-state index contributed by atoms with van der Waals surface area (Å²) in [5.74, 6) is 0.508. The van der Waals surface area contributed by atoms with Gasteiger partial charge in [0.25, 0.3) is 5.91 Å². The fraction of sp³-hybridized carbons (Fsp3) is 0.556. The first-order chi connectivity index (χ1) is 17.0. The minimum Gasteiger partial charge on any atom is -0.490 e. The fourth-order valence-electron chi connectivity index (χ4n) is 4.73. The molecule has 1 aliphatic heterocycles. The Labute approximate surface area is 217 Å². The second-order valence-corrected chi connectivity index (χ2v) is 10.7. The summed E-state index contributed by atoms with van der Waals surface area (Å²) in [6.07, 6.45) is 0.637. The standard InChI is InChI=1S/C27H38N2O6S/c1-9-32-18-13-16(14-19(33-10-2)21(18)34-11-3)23(30)28-24-20(25(31)35-12-4)17-15-26(5,6)29-27(7,8)22(17)36-24/h13-14,29H,9-12,15H2,1-8H3,(H,28,30). The van der Waals surface area contributed by atoms with Crippen LogP contribution in [0.25, 0.3) is 0 Å². The maximum atomic E-state index is 13.5. The van der Waals surface area contributed by atoms with Crippen molar-refractivity contribution in [3.8, 4) is 17.2 Å². The molecule has 0 atom stereocenters. The predicted molar refractivity (Wildman–Crippen MR) is 142 cm³/mol. The number of fused-ring (bicyclic) bond motifs is 1. The van der Waals surface area contributed by atoms with E-state index in [0.717, 1.165) is 10.4 Å². The number of rotatable bonds is 10. The normalized spacial score (nSPS) is 15.6. The van der Waals surface area contributed by atoms with Crippen LogP contribution in [0, 0.1) is 0 Å². The van der Waals surface area contributed by atoms with Crippen molar-refractivity contribution in [3.63, 3.8) is 0 Å². The van der Waals surface area contributed by atoms with Crippen LogP contribution in [0.5, 0.6) is 17.2 Å². The Kier molecular flexibility index (Phi) is 8.56. The van der Waals surface area contributed by atoms with Crippen molar-refractivity contribution >= 4 is 28.2 Å². The number of amides is 1. The van der Waals surface area contributed by atoms with Crippen LogP contribution in [-0.4, -0.2) is 43.8 Å². The average Bonchev–Trinajstić information content (AvgIpc) is 3.13. The van der Waals surface area contributed by atoms with E-state index in [9.17, 15) is 9.59 Å². The third-order valence-corrected chi connectivity index (χ3v) is 7.19. The average molecular weight is 519 g/mol. The lowest BCUT2D eigenvalue weighted by atomic mass is 9.81. The Balaban J connectivity index is 2.08. The van der Waals surface area contributed by atoms with Crippen molar-refractivity contribution in [3.05, 3.63) is 33.7 Å². The molecule has 0 unspecified atom stereocenters. The van der Waals surface area contributed by atoms with Crippen molar-refractivity contribution in [2.24, 2.45) is 0 Å². The third-order valence-electron chi connectivity index (χ3n) is 5.72. The number of hydrogen-bond donors (Lipinski definition) is 2. The van der Waals surface area contributed by atoms with Gasteiger partial charge < -0.3 is 29.6 Å². The summed E-state index contributed by atoms with van der Waals surface area (Å²) in [4.78, 5) is 27.6. The van der Waals surface area contributed by atoms with Crippen LogP contribution in [0.4, 0.5) is 5.00 Å². The summed E-state index contributed by atoms with van der Waals surface area (Å²) in [7, 11) is 0. The van der Waals surface area contributed by atoms with Gasteiger partial charge in [0.05, 0.1) is 32.0 Å². The van der Waals surface area contributed by atoms with Gasteiger partial charge in [0.2, 0.25) is 5.75 Å². The van der Waals surface area contributed by atoms with Crippen LogP contribution in [0.3, 0.4) is 0 Å². The van der Waals surface area contributed by atoms with Crippen LogP contribution in [0.15, 0.2) is 12.1 Å². The van der Waals surface area contributed by atoms with E-state index in [1.807, 2.05) is 20.8 Å². The van der Waals surface area contributed by atoms with E-state index in [1.165, 1.54) is 11.3 Å². The summed E-state index contributed by atoms with van der Waals surface area (Å²) in [5.41, 5.74) is 1.07. The van der Waals surface area contributed by atoms with Crippen molar-refractivity contribution in [2.45, 2.75) is 72.9 Å². The molecule has 1 amide bonds. The Morgan fingerprint density at radius 2 is 1.53 bits per heavy atom. The van der Waals surface area contributed by atoms with E-state index in [-0.39, 0.29) is 23.6 Å². The number of anilines is 1. The minimum atomic E-state index is -0.435. The molecular weight excluding hydrogens is 480 g/mol. The lowest BCUT2D eigenvalue weighted by molar-refractivity contribution is 0.0525. The molecule has 1 aromatic carbocycles. The van der Waals surface area contributed by atoms with Gasteiger partial charge in [-0.1, -0.05) is 0 Å². The zero-order valence-corrected chi connectivity index (χ0v) is 23.4. The van der Waals surface area contributed by atoms with Crippen LogP contribution in [-0.2, 0) is 16.7 Å². The number of benzene rings is 1. The molecule has 9 heteroatoms. The summed E-state index contributed by atoms with van der Waals surface area (Å²) < 4.78 is 22.7. The molecule has 0 saturated carbocycles. The van der Waals surface area contributed by atoms with Crippen molar-refractivity contribution in [2.75, 3.05) is 31.7 Å². The van der Waals surface area contributed by atoms with Crippen molar-refractivity contribution in [1.82, 2.24) is 5.32 Å². The molecule has 2 aromatic rings. The van der Waals surface area contributed by atoms with Gasteiger partial charge in [-0.2, -0.15) is 0 Å². The molecule has 0 fully saturated rings. The summed E-state index contributed by atoms with van der Waals surface area (Å²) >= 11 is 1.40. The SMILES string of the molecule is CCOC(=O)c1c(NC(=O)c2cc(OCC)c(OCC)c(OCC)c2)sc2c1CC(C)(C)NC2(C)C. The number of carbonyl (C=O) groups excluding carboxylic acids is 2. The van der Waals surface area contributed by atoms with Gasteiger partial charge in [-0.3, -0.25) is 4.79 Å². The molecule has 0 spiro atoms. The molecule has 36 heavy (non-hydrogen) atoms. The third kappa shape index (κ3) is 5.78. The van der Waals surface area contributed by atoms with Gasteiger partial charge in [0.1, 0.15) is 5.00 Å². The first-order valence-electron chi connectivity index (χ1n) is 12.5. The second-order valence-electron chi connectivity index (χ2n) is 9.70. The molecule has 0 radical (unpaired) electrons. The highest BCUT2D eigenvalue weighted by atomic mass is 32.1. The zero-order valence-electron chi connectivity index (χ0n) is 22.5. The molecule has 8 nitrogen and oxygen atoms in total. The van der Waals surface area contributed by atoms with Gasteiger partial charge in [0.15, 0.2) is 11.5 Å². The van der Waals surface area contributed by atoms with Gasteiger partial charge in [-0.15, -0.1) is 11.3 Å². The molecule has 0 saturated heterocycles. The van der Waals surface area contributed by atoms with Crippen LogP contribution in [0.2, 0.25) is 0 Å². The van der Waals surface area contributed by atoms with Gasteiger partial charge in [0, 0.05) is 21.5 Å². The monoisotopic (exact) mass is 518 g/mol. The molecule has 3 rings (SSSR count). The number of ether oxygens (including phenoxy) is 4. The number of carbonyl (C=O) groups is 2. The van der Waals surface area contributed by atoms with E-state index in [1.54, 1.807) is 19.1 Å². The number of thiophene rings is 1. The lowest BCUT2D eigenvalue weighted by Gasteiger charge is -2.42. The molecular formula is C27H38N2O6S. The van der Waals surface area contributed by atoms with Crippen molar-refractivity contribution < 1.29 is 28.5 Å². The topological polar surface area (TPSA) is 95.1 Å². The van der Waals surface area contributed by atoms with E-state index in [4.69, 9.17) is 18.9 Å². The van der Waals surface area contributed by atoms with Gasteiger partial charge in [-0.25, -0.2) is 4.79 Å². The number of nitrogens with one attached hydrogen (secondary N) is 2. The first-order valence-corrected chi connectivity index (χ1v) is 13.3. The van der Waals surface area contributed by atoms with Crippen LogP contribution >= 0.6 is 11.3 Å². The molecule has 1 aromatic heterocycles. The smallest absolute Gasteiger partial charge is 0.341 e. The summed E-state index contributed by atoms with van der Waals surface area (Å²) in [5, 5.41) is 7.10. The van der Waals surface area contributed by atoms with Gasteiger partial charge in [-0.05, 0) is 79.5 Å². The Hall–Kier alpha value is -2.78. The Bertz CT molecular complexity index is 1090. The highest BCUT2D eigenvalue weighted by Gasteiger charge is 2.42. The Morgan fingerprint density at radius 3 is 2.06 bits per heavy atom. The number of hydrogen-bond acceptors (Lipinski definition) is 8. The Morgan fingerprint density at radius 1 is 0.944 bits per heavy atom. The maximum absolute atomic E-state index is 13.5. The van der Waals surface area contributed by atoms with Crippen LogP contribution < -0.4 is 24.8 Å². The number of esters is 1. The largest absolute Gasteiger partial charge is 0.490 e. The van der Waals surface area contributed by atoms with E-state index in [2.05, 4.69) is 38.3 Å². The van der Waals surface area contributed by atoms with E-state index >= 15 is 0 Å². The fourth-order valence-corrected chi connectivity index (χ4v) is 5.99. The quantitative estimate of drug-likeness (QED) is 0.399. The minimum absolute atomic E-state index is 0.228. The predicted octanol–water partition coefficient (Wildman–Crippen LogP) is 5.53. The van der Waals surface area contributed by atoms with Crippen molar-refractivity contribution in [1.29, 1.82) is 0 Å². The highest BCUT2D eigenvalue weighted by Crippen LogP contribution is 2.46. The maximum Gasteiger partial charge on any atom is 0.341 e. The van der Waals surface area contributed by atoms with E-state index < -0.39 is 5.97 Å². The second kappa shape index (κ2) is 11.1. The van der Waals surface area contributed by atoms with Crippen LogP contribution in [0.1, 0.15) is 86.5 Å². The lowest BCUT2D eigenvalue weighted by Crippen LogP contribution is -2.55. The first kappa shape index (κ1) is 27.8. The molecule has 0 bridgehead atoms. The zero-order chi connectivity index (χ0) is 26.7. The molecule has 2 N–H and O–H groups in total. The summed E-state index contributed by atoms with van der Waals surface area (Å²) in [6, 6.07) is 3.27. The van der Waals surface area contributed by atoms with Gasteiger partial charge >= 0.3 is 5.97 Å². The molecule has 2 heterocycles. The summed E-state index contributed by atoms with van der Waals surface area (Å²) in [6.45, 7) is 17.2. The molecule has 1 aliphatic rings.